The number of pyridine rings is 1. The van der Waals surface area contributed by atoms with Crippen LogP contribution in [0, 0.1) is 5.92 Å². The third-order valence-corrected chi connectivity index (χ3v) is 4.53. The minimum absolute atomic E-state index is 0.0382. The summed E-state index contributed by atoms with van der Waals surface area (Å²) in [5, 5.41) is 0. The number of hydrogen-bond acceptors (Lipinski definition) is 2. The predicted octanol–water partition coefficient (Wildman–Crippen LogP) is 2.39. The summed E-state index contributed by atoms with van der Waals surface area (Å²) in [6, 6.07) is 3.50. The Morgan fingerprint density at radius 1 is 1.47 bits per heavy atom. The van der Waals surface area contributed by atoms with Gasteiger partial charge in [0.1, 0.15) is 0 Å². The van der Waals surface area contributed by atoms with E-state index in [0.29, 0.717) is 5.92 Å². The van der Waals surface area contributed by atoms with Gasteiger partial charge in [-0.15, -0.1) is 0 Å². The van der Waals surface area contributed by atoms with Crippen molar-refractivity contribution in [1.82, 2.24) is 4.98 Å². The second-order valence-corrected chi connectivity index (χ2v) is 5.75. The fourth-order valence-corrected chi connectivity index (χ4v) is 3.63. The molecule has 0 radical (unpaired) electrons. The lowest BCUT2D eigenvalue weighted by atomic mass is 9.69. The average Bonchev–Trinajstić information content (AvgIpc) is 2.44. The topological polar surface area (TPSA) is 58.9 Å². The van der Waals surface area contributed by atoms with Crippen LogP contribution in [0.1, 0.15) is 37.9 Å². The van der Waals surface area contributed by atoms with Gasteiger partial charge in [-0.3, -0.25) is 4.79 Å². The van der Waals surface area contributed by atoms with Crippen molar-refractivity contribution in [2.75, 3.05) is 0 Å². The molecule has 0 spiro atoms. The second kappa shape index (κ2) is 4.20. The summed E-state index contributed by atoms with van der Waals surface area (Å²) < 4.78 is 0. The van der Waals surface area contributed by atoms with E-state index in [2.05, 4.69) is 31.0 Å². The minimum Gasteiger partial charge on any atom is -0.326 e. The molecule has 2 atom stereocenters. The summed E-state index contributed by atoms with van der Waals surface area (Å²) >= 11 is 0. The molecule has 0 amide bonds. The van der Waals surface area contributed by atoms with Gasteiger partial charge in [0.15, 0.2) is 0 Å². The molecule has 0 fully saturated rings. The lowest BCUT2D eigenvalue weighted by molar-refractivity contribution is 0.420. The first-order valence-electron chi connectivity index (χ1n) is 6.90. The molecular weight excluding hydrogens is 236 g/mol. The van der Waals surface area contributed by atoms with Crippen LogP contribution in [0.5, 0.6) is 0 Å². The highest BCUT2D eigenvalue weighted by atomic mass is 16.1. The largest absolute Gasteiger partial charge is 0.326 e. The molecule has 3 N–H and O–H groups in total. The van der Waals surface area contributed by atoms with Crippen molar-refractivity contribution >= 4 is 0 Å². The number of nitrogens with one attached hydrogen (secondary N) is 1. The van der Waals surface area contributed by atoms with Gasteiger partial charge in [-0.25, -0.2) is 0 Å². The maximum Gasteiger partial charge on any atom is 0.248 e. The summed E-state index contributed by atoms with van der Waals surface area (Å²) in [5.74, 6) is 0.322. The Morgan fingerprint density at radius 3 is 3.00 bits per heavy atom. The molecular formula is C16H20N2O. The Bertz CT molecular complexity index is 638. The van der Waals surface area contributed by atoms with Crippen LogP contribution in [0.15, 0.2) is 40.2 Å². The maximum atomic E-state index is 11.5. The van der Waals surface area contributed by atoms with Gasteiger partial charge in [0.05, 0.1) is 5.54 Å². The zero-order valence-electron chi connectivity index (χ0n) is 11.5. The quantitative estimate of drug-likeness (QED) is 0.700. The standard InChI is InChI=1S/C16H20N2O/c1-3-12-11-8-10(2)6-7-16(12,17)13-4-5-15(19)18-14(13)9-11/h3-5,8,11H,6-7,9,17H2,1-2H3,(H,18,19). The van der Waals surface area contributed by atoms with Crippen molar-refractivity contribution in [3.63, 3.8) is 0 Å². The molecule has 3 rings (SSSR count). The van der Waals surface area contributed by atoms with Crippen molar-refractivity contribution in [2.24, 2.45) is 11.7 Å². The molecule has 2 unspecified atom stereocenters. The Labute approximate surface area is 113 Å². The molecule has 1 aromatic heterocycles. The SMILES string of the molecule is CC=C1C2C=C(C)CCC1(N)c1ccc(=O)[nH]c1C2. The summed E-state index contributed by atoms with van der Waals surface area (Å²) in [6.45, 7) is 4.24. The van der Waals surface area contributed by atoms with Crippen molar-refractivity contribution in [3.8, 4) is 0 Å². The fraction of sp³-hybridized carbons (Fsp3) is 0.438. The molecule has 1 aromatic rings. The van der Waals surface area contributed by atoms with Gasteiger partial charge in [0.2, 0.25) is 5.56 Å². The molecule has 0 saturated carbocycles. The van der Waals surface area contributed by atoms with E-state index in [9.17, 15) is 4.79 Å². The molecule has 19 heavy (non-hydrogen) atoms. The highest BCUT2D eigenvalue weighted by Gasteiger charge is 2.42. The smallest absolute Gasteiger partial charge is 0.248 e. The van der Waals surface area contributed by atoms with Crippen LogP contribution in [0.4, 0.5) is 0 Å². The first-order valence-corrected chi connectivity index (χ1v) is 6.90. The Kier molecular flexibility index (Phi) is 2.75. The van der Waals surface area contributed by atoms with Crippen molar-refractivity contribution in [1.29, 1.82) is 0 Å². The zero-order valence-corrected chi connectivity index (χ0v) is 11.5. The van der Waals surface area contributed by atoms with Crippen LogP contribution in [0.3, 0.4) is 0 Å². The molecule has 100 valence electrons. The lowest BCUT2D eigenvalue weighted by Crippen LogP contribution is -2.45. The molecule has 0 aliphatic heterocycles. The summed E-state index contributed by atoms with van der Waals surface area (Å²) in [6.07, 6.45) is 7.25. The van der Waals surface area contributed by atoms with Gasteiger partial charge < -0.3 is 10.7 Å². The number of fused-ring (bicyclic) bond motifs is 4. The van der Waals surface area contributed by atoms with Gasteiger partial charge in [0.25, 0.3) is 0 Å². The third-order valence-electron chi connectivity index (χ3n) is 4.53. The summed E-state index contributed by atoms with van der Waals surface area (Å²) in [4.78, 5) is 14.5. The lowest BCUT2D eigenvalue weighted by Gasteiger charge is -2.40. The van der Waals surface area contributed by atoms with Gasteiger partial charge in [-0.2, -0.15) is 0 Å². The highest BCUT2D eigenvalue weighted by molar-refractivity contribution is 5.46. The van der Waals surface area contributed by atoms with Gasteiger partial charge in [-0.05, 0) is 50.3 Å². The van der Waals surface area contributed by atoms with Crippen LogP contribution in [-0.4, -0.2) is 4.98 Å². The van der Waals surface area contributed by atoms with E-state index in [4.69, 9.17) is 5.73 Å². The van der Waals surface area contributed by atoms with E-state index in [1.165, 1.54) is 11.1 Å². The molecule has 2 aliphatic rings. The van der Waals surface area contributed by atoms with Crippen LogP contribution in [-0.2, 0) is 12.0 Å². The Morgan fingerprint density at radius 2 is 2.26 bits per heavy atom. The van der Waals surface area contributed by atoms with Crippen LogP contribution >= 0.6 is 0 Å². The highest BCUT2D eigenvalue weighted by Crippen LogP contribution is 2.45. The predicted molar refractivity (Wildman–Crippen MR) is 76.9 cm³/mol. The molecule has 2 bridgehead atoms. The van der Waals surface area contributed by atoms with Crippen LogP contribution in [0.25, 0.3) is 0 Å². The van der Waals surface area contributed by atoms with E-state index in [1.807, 2.05) is 6.07 Å². The second-order valence-electron chi connectivity index (χ2n) is 5.75. The Hall–Kier alpha value is -1.61. The number of hydrogen-bond donors (Lipinski definition) is 2. The summed E-state index contributed by atoms with van der Waals surface area (Å²) in [7, 11) is 0. The molecule has 3 heteroatoms. The number of aromatic nitrogens is 1. The van der Waals surface area contributed by atoms with Gasteiger partial charge in [-0.1, -0.05) is 17.7 Å². The first kappa shape index (κ1) is 12.4. The molecule has 0 aromatic carbocycles. The maximum absolute atomic E-state index is 11.5. The van der Waals surface area contributed by atoms with Crippen molar-refractivity contribution in [3.05, 3.63) is 57.0 Å². The fourth-order valence-electron chi connectivity index (χ4n) is 3.63. The normalized spacial score (nSPS) is 31.6. The third kappa shape index (κ3) is 1.80. The van der Waals surface area contributed by atoms with Crippen molar-refractivity contribution in [2.45, 2.75) is 38.6 Å². The number of nitrogens with two attached hydrogens (primary N) is 1. The van der Waals surface area contributed by atoms with Crippen LogP contribution < -0.4 is 11.3 Å². The summed E-state index contributed by atoms with van der Waals surface area (Å²) in [5.41, 5.74) is 11.1. The molecule has 2 aliphatic carbocycles. The number of rotatable bonds is 0. The minimum atomic E-state index is -0.425. The molecule has 3 nitrogen and oxygen atoms in total. The van der Waals surface area contributed by atoms with E-state index >= 15 is 0 Å². The van der Waals surface area contributed by atoms with Gasteiger partial charge in [0, 0.05) is 17.7 Å². The molecule has 0 saturated heterocycles. The molecule has 1 heterocycles. The van der Waals surface area contributed by atoms with E-state index < -0.39 is 5.54 Å². The first-order chi connectivity index (χ1) is 9.04. The number of allylic oxidation sites excluding steroid dienone is 3. The van der Waals surface area contributed by atoms with Crippen LogP contribution in [0.2, 0.25) is 0 Å². The monoisotopic (exact) mass is 256 g/mol. The van der Waals surface area contributed by atoms with Crippen molar-refractivity contribution < 1.29 is 0 Å². The van der Waals surface area contributed by atoms with E-state index in [-0.39, 0.29) is 5.56 Å². The zero-order chi connectivity index (χ0) is 13.6. The average molecular weight is 256 g/mol. The number of H-pyrrole nitrogens is 1. The Balaban J connectivity index is 2.26. The van der Waals surface area contributed by atoms with E-state index in [1.54, 1.807) is 6.07 Å². The van der Waals surface area contributed by atoms with Gasteiger partial charge >= 0.3 is 0 Å². The van der Waals surface area contributed by atoms with E-state index in [0.717, 1.165) is 30.5 Å². The number of aromatic amines is 1.